The molecule has 2 aromatic heterocycles. The maximum atomic E-state index is 13.6. The maximum absolute atomic E-state index is 13.6. The van der Waals surface area contributed by atoms with E-state index in [0.717, 1.165) is 17.7 Å². The van der Waals surface area contributed by atoms with E-state index in [4.69, 9.17) is 0 Å². The Morgan fingerprint density at radius 3 is 2.43 bits per heavy atom. The molecule has 3 N–H and O–H groups in total. The topological polar surface area (TPSA) is 91.8 Å². The van der Waals surface area contributed by atoms with Crippen LogP contribution in [0.2, 0.25) is 0 Å². The Morgan fingerprint density at radius 1 is 0.964 bits per heavy atom. The van der Waals surface area contributed by atoms with E-state index in [1.807, 2.05) is 19.1 Å². The van der Waals surface area contributed by atoms with Gasteiger partial charge >= 0.3 is 0 Å². The van der Waals surface area contributed by atoms with E-state index in [9.17, 15) is 13.6 Å². The number of aromatic nitrogens is 3. The molecule has 3 rings (SSSR count). The minimum atomic E-state index is -0.901. The van der Waals surface area contributed by atoms with Crippen LogP contribution in [0.25, 0.3) is 0 Å². The second kappa shape index (κ2) is 8.85. The summed E-state index contributed by atoms with van der Waals surface area (Å²) >= 11 is 0. The quantitative estimate of drug-likeness (QED) is 0.543. The van der Waals surface area contributed by atoms with Gasteiger partial charge in [0.1, 0.15) is 41.0 Å². The van der Waals surface area contributed by atoms with Crippen LogP contribution in [0.5, 0.6) is 0 Å². The van der Waals surface area contributed by atoms with Gasteiger partial charge in [0.05, 0.1) is 0 Å². The lowest BCUT2D eigenvalue weighted by molar-refractivity contribution is 0.0946. The molecule has 1 aromatic carbocycles. The molecule has 0 unspecified atom stereocenters. The highest BCUT2D eigenvalue weighted by Gasteiger charge is 2.16. The van der Waals surface area contributed by atoms with Crippen LogP contribution in [-0.4, -0.2) is 33.9 Å². The number of nitrogens with zero attached hydrogens (tertiary/aromatic N) is 3. The fourth-order valence-electron chi connectivity index (χ4n) is 2.43. The molecule has 0 bridgehead atoms. The lowest BCUT2D eigenvalue weighted by atomic mass is 10.2. The summed E-state index contributed by atoms with van der Waals surface area (Å²) in [6.45, 7) is 2.42. The number of benzene rings is 1. The van der Waals surface area contributed by atoms with Crippen LogP contribution >= 0.6 is 0 Å². The van der Waals surface area contributed by atoms with Gasteiger partial charge in [-0.2, -0.15) is 0 Å². The Balaban J connectivity index is 1.52. The number of nitrogens with one attached hydrogen (secondary N) is 3. The van der Waals surface area contributed by atoms with E-state index in [1.165, 1.54) is 12.4 Å². The van der Waals surface area contributed by atoms with Gasteiger partial charge in [0, 0.05) is 25.4 Å². The zero-order valence-electron chi connectivity index (χ0n) is 15.0. The summed E-state index contributed by atoms with van der Waals surface area (Å²) in [5.41, 5.74) is 0.466. The van der Waals surface area contributed by atoms with Crippen LogP contribution in [0.4, 0.5) is 26.2 Å². The first kappa shape index (κ1) is 19.2. The van der Waals surface area contributed by atoms with Gasteiger partial charge in [-0.15, -0.1) is 0 Å². The molecule has 0 radical (unpaired) electrons. The third kappa shape index (κ3) is 4.97. The Hall–Kier alpha value is -3.62. The van der Waals surface area contributed by atoms with Crippen molar-refractivity contribution in [2.24, 2.45) is 0 Å². The van der Waals surface area contributed by atoms with Gasteiger partial charge < -0.3 is 16.0 Å². The summed E-state index contributed by atoms with van der Waals surface area (Å²) < 4.78 is 27.2. The Kier molecular flexibility index (Phi) is 6.05. The maximum Gasteiger partial charge on any atom is 0.257 e. The fraction of sp³-hybridized carbons (Fsp3) is 0.158. The highest BCUT2D eigenvalue weighted by atomic mass is 19.1. The van der Waals surface area contributed by atoms with Gasteiger partial charge in [-0.1, -0.05) is 6.07 Å². The number of carbonyl (C=O) groups excluding carboxylic acids is 1. The minimum absolute atomic E-state index is 0.152. The van der Waals surface area contributed by atoms with Crippen molar-refractivity contribution in [2.45, 2.75) is 6.92 Å². The first-order valence-corrected chi connectivity index (χ1v) is 8.51. The molecule has 2 heterocycles. The fourth-order valence-corrected chi connectivity index (χ4v) is 2.43. The number of aryl methyl sites for hydroxylation is 1. The number of halogens is 2. The zero-order chi connectivity index (χ0) is 19.9. The Morgan fingerprint density at radius 2 is 1.68 bits per heavy atom. The molecule has 0 saturated heterocycles. The highest BCUT2D eigenvalue weighted by molar-refractivity contribution is 5.94. The first-order chi connectivity index (χ1) is 13.5. The molecule has 0 aliphatic carbocycles. The summed E-state index contributed by atoms with van der Waals surface area (Å²) in [6.07, 6.45) is 3.08. The molecular formula is C19H18F2N6O. The highest BCUT2D eigenvalue weighted by Crippen LogP contribution is 2.15. The second-order valence-electron chi connectivity index (χ2n) is 5.91. The van der Waals surface area contributed by atoms with E-state index in [2.05, 4.69) is 30.9 Å². The molecule has 1 amide bonds. The molecule has 0 fully saturated rings. The molecule has 28 heavy (non-hydrogen) atoms. The van der Waals surface area contributed by atoms with Crippen molar-refractivity contribution in [3.8, 4) is 0 Å². The van der Waals surface area contributed by atoms with Crippen molar-refractivity contribution >= 4 is 23.4 Å². The Labute approximate surface area is 160 Å². The number of hydrogen-bond acceptors (Lipinski definition) is 6. The van der Waals surface area contributed by atoms with Gasteiger partial charge in [0.25, 0.3) is 5.91 Å². The predicted octanol–water partition coefficient (Wildman–Crippen LogP) is 3.04. The van der Waals surface area contributed by atoms with Gasteiger partial charge in [0.15, 0.2) is 0 Å². The number of anilines is 3. The van der Waals surface area contributed by atoms with Gasteiger partial charge in [-0.25, -0.2) is 23.7 Å². The van der Waals surface area contributed by atoms with Crippen LogP contribution in [0, 0.1) is 18.6 Å². The smallest absolute Gasteiger partial charge is 0.257 e. The van der Waals surface area contributed by atoms with E-state index < -0.39 is 23.1 Å². The summed E-state index contributed by atoms with van der Waals surface area (Å²) in [5.74, 6) is -0.884. The van der Waals surface area contributed by atoms with E-state index in [1.54, 1.807) is 12.3 Å². The van der Waals surface area contributed by atoms with Crippen molar-refractivity contribution < 1.29 is 13.6 Å². The van der Waals surface area contributed by atoms with Crippen molar-refractivity contribution in [3.05, 3.63) is 71.7 Å². The molecule has 0 spiro atoms. The van der Waals surface area contributed by atoms with Crippen LogP contribution in [0.1, 0.15) is 15.9 Å². The molecule has 0 atom stereocenters. The predicted molar refractivity (Wildman–Crippen MR) is 101 cm³/mol. The molecule has 9 heteroatoms. The minimum Gasteiger partial charge on any atom is -0.368 e. The molecule has 0 aliphatic rings. The molecule has 144 valence electrons. The number of hydrogen-bond donors (Lipinski definition) is 3. The third-order valence-electron chi connectivity index (χ3n) is 3.75. The monoisotopic (exact) mass is 384 g/mol. The van der Waals surface area contributed by atoms with Crippen LogP contribution in [0.3, 0.4) is 0 Å². The Bertz CT molecular complexity index is 962. The average molecular weight is 384 g/mol. The number of rotatable bonds is 7. The number of carbonyl (C=O) groups is 1. The van der Waals surface area contributed by atoms with Crippen LogP contribution < -0.4 is 16.0 Å². The van der Waals surface area contributed by atoms with Gasteiger partial charge in [-0.3, -0.25) is 4.79 Å². The zero-order valence-corrected chi connectivity index (χ0v) is 15.0. The van der Waals surface area contributed by atoms with Crippen molar-refractivity contribution in [1.82, 2.24) is 20.3 Å². The van der Waals surface area contributed by atoms with E-state index in [0.29, 0.717) is 24.0 Å². The average Bonchev–Trinajstić information content (AvgIpc) is 2.65. The third-order valence-corrected chi connectivity index (χ3v) is 3.75. The molecule has 7 nitrogen and oxygen atoms in total. The summed E-state index contributed by atoms with van der Waals surface area (Å²) in [6, 6.07) is 8.73. The second-order valence-corrected chi connectivity index (χ2v) is 5.91. The van der Waals surface area contributed by atoms with Crippen LogP contribution in [-0.2, 0) is 0 Å². The van der Waals surface area contributed by atoms with E-state index in [-0.39, 0.29) is 6.54 Å². The van der Waals surface area contributed by atoms with Crippen molar-refractivity contribution in [2.75, 3.05) is 23.7 Å². The number of pyridine rings is 1. The molecule has 3 aromatic rings. The summed E-state index contributed by atoms with van der Waals surface area (Å²) in [5, 5.41) is 8.54. The van der Waals surface area contributed by atoms with Crippen molar-refractivity contribution in [1.29, 1.82) is 0 Å². The lowest BCUT2D eigenvalue weighted by Crippen LogP contribution is -2.30. The first-order valence-electron chi connectivity index (χ1n) is 8.51. The van der Waals surface area contributed by atoms with Gasteiger partial charge in [0.2, 0.25) is 0 Å². The lowest BCUT2D eigenvalue weighted by Gasteiger charge is -2.10. The molecular weight excluding hydrogens is 366 g/mol. The molecule has 0 aliphatic heterocycles. The van der Waals surface area contributed by atoms with Gasteiger partial charge in [-0.05, 0) is 36.8 Å². The van der Waals surface area contributed by atoms with E-state index >= 15 is 0 Å². The van der Waals surface area contributed by atoms with Crippen molar-refractivity contribution in [3.63, 3.8) is 0 Å². The largest absolute Gasteiger partial charge is 0.368 e. The number of amides is 1. The normalized spacial score (nSPS) is 10.4. The summed E-state index contributed by atoms with van der Waals surface area (Å²) in [4.78, 5) is 24.3. The standard InChI is InChI=1S/C19H18F2N6O/c1-12-5-6-22-16(9-12)27-17-10-15(25-11-26-17)23-7-8-24-19(28)18-13(20)3-2-4-14(18)21/h2-6,9-11H,7-8H2,1H3,(H,24,28)(H2,22,23,25,26,27). The SMILES string of the molecule is Cc1ccnc(Nc2cc(NCCNC(=O)c3c(F)cccc3F)ncn2)c1. The van der Waals surface area contributed by atoms with Crippen LogP contribution in [0.15, 0.2) is 48.9 Å². The molecule has 0 saturated carbocycles. The summed E-state index contributed by atoms with van der Waals surface area (Å²) in [7, 11) is 0.